The number of pyridine rings is 1. The summed E-state index contributed by atoms with van der Waals surface area (Å²) in [6.45, 7) is 3.79. The summed E-state index contributed by atoms with van der Waals surface area (Å²) in [6, 6.07) is 4.11. The highest BCUT2D eigenvalue weighted by Crippen LogP contribution is 2.37. The van der Waals surface area contributed by atoms with E-state index >= 15 is 0 Å². The summed E-state index contributed by atoms with van der Waals surface area (Å²) in [6.07, 6.45) is 4.77. The van der Waals surface area contributed by atoms with Crippen molar-refractivity contribution in [2.45, 2.75) is 38.1 Å². The van der Waals surface area contributed by atoms with Crippen molar-refractivity contribution in [3.63, 3.8) is 0 Å². The number of anilines is 1. The number of aromatic nitrogens is 3. The summed E-state index contributed by atoms with van der Waals surface area (Å²) in [7, 11) is 0. The third kappa shape index (κ3) is 2.70. The quantitative estimate of drug-likeness (QED) is 0.821. The lowest BCUT2D eigenvalue weighted by Crippen LogP contribution is -2.34. The molecule has 2 aromatic rings. The zero-order valence-corrected chi connectivity index (χ0v) is 13.3. The van der Waals surface area contributed by atoms with Gasteiger partial charge in [0.1, 0.15) is 10.9 Å². The lowest BCUT2D eigenvalue weighted by atomic mass is 9.95. The van der Waals surface area contributed by atoms with Gasteiger partial charge >= 0.3 is 0 Å². The summed E-state index contributed by atoms with van der Waals surface area (Å²) < 4.78 is 13.1. The molecule has 1 fully saturated rings. The van der Waals surface area contributed by atoms with Crippen molar-refractivity contribution in [1.82, 2.24) is 14.8 Å². The summed E-state index contributed by atoms with van der Waals surface area (Å²) in [5.74, 6) is 0.884. The number of nitrogens with zero attached hydrogens (tertiary/aromatic N) is 4. The van der Waals surface area contributed by atoms with Gasteiger partial charge in [0.05, 0.1) is 31.2 Å². The molecule has 0 aromatic carbocycles. The fraction of sp³-hybridized carbons (Fsp3) is 0.562. The highest BCUT2D eigenvalue weighted by atomic mass is 16.5. The van der Waals surface area contributed by atoms with Crippen LogP contribution < -0.4 is 10.5 Å². The normalized spacial score (nSPS) is 20.7. The standard InChI is InChI=1S/C16H21N5O2/c1-2-3-9-23-15-13-12(4-8-19-15)21(20-14(13)18)16(5-7-17)6-10-22-11-16/h4,8H,2-3,5-6,9-11H2,1H3,(H2,18,20). The molecule has 2 N–H and O–H groups in total. The molecule has 7 nitrogen and oxygen atoms in total. The highest BCUT2D eigenvalue weighted by molar-refractivity contribution is 5.93. The van der Waals surface area contributed by atoms with Crippen LogP contribution in [0.4, 0.5) is 5.82 Å². The minimum atomic E-state index is -0.466. The molecule has 1 unspecified atom stereocenters. The average molecular weight is 315 g/mol. The Bertz CT molecular complexity index is 728. The van der Waals surface area contributed by atoms with Gasteiger partial charge in [-0.25, -0.2) is 4.98 Å². The molecule has 0 saturated carbocycles. The molecule has 0 bridgehead atoms. The number of fused-ring (bicyclic) bond motifs is 1. The van der Waals surface area contributed by atoms with Crippen LogP contribution in [0, 0.1) is 11.3 Å². The van der Waals surface area contributed by atoms with E-state index in [2.05, 4.69) is 23.1 Å². The number of unbranched alkanes of at least 4 members (excludes halogenated alkanes) is 1. The predicted octanol–water partition coefficient (Wildman–Crippen LogP) is 2.22. The maximum atomic E-state index is 9.21. The van der Waals surface area contributed by atoms with Crippen molar-refractivity contribution in [3.05, 3.63) is 12.3 Å². The van der Waals surface area contributed by atoms with E-state index in [0.29, 0.717) is 43.3 Å². The molecular formula is C16H21N5O2. The zero-order chi connectivity index (χ0) is 16.3. The second kappa shape index (κ2) is 6.42. The molecule has 1 aliphatic heterocycles. The van der Waals surface area contributed by atoms with Gasteiger partial charge < -0.3 is 15.2 Å². The first-order valence-corrected chi connectivity index (χ1v) is 7.93. The molecule has 2 aromatic heterocycles. The first-order chi connectivity index (χ1) is 11.2. The van der Waals surface area contributed by atoms with E-state index in [-0.39, 0.29) is 0 Å². The fourth-order valence-corrected chi connectivity index (χ4v) is 2.97. The van der Waals surface area contributed by atoms with Crippen molar-refractivity contribution in [3.8, 4) is 11.9 Å². The maximum absolute atomic E-state index is 9.21. The first kappa shape index (κ1) is 15.6. The summed E-state index contributed by atoms with van der Waals surface area (Å²) in [5, 5.41) is 14.4. The molecule has 0 amide bonds. The Labute approximate surface area is 135 Å². The molecule has 3 heterocycles. The van der Waals surface area contributed by atoms with Gasteiger partial charge in [0, 0.05) is 12.8 Å². The lowest BCUT2D eigenvalue weighted by Gasteiger charge is -2.25. The van der Waals surface area contributed by atoms with Gasteiger partial charge in [0.25, 0.3) is 0 Å². The molecule has 122 valence electrons. The van der Waals surface area contributed by atoms with Crippen molar-refractivity contribution in [2.75, 3.05) is 25.6 Å². The number of ether oxygens (including phenoxy) is 2. The van der Waals surface area contributed by atoms with Crippen LogP contribution in [0.15, 0.2) is 12.3 Å². The molecule has 1 saturated heterocycles. The van der Waals surface area contributed by atoms with Gasteiger partial charge in [-0.1, -0.05) is 13.3 Å². The monoisotopic (exact) mass is 315 g/mol. The molecular weight excluding hydrogens is 294 g/mol. The van der Waals surface area contributed by atoms with Gasteiger partial charge in [-0.3, -0.25) is 4.68 Å². The van der Waals surface area contributed by atoms with Gasteiger partial charge in [0.2, 0.25) is 5.88 Å². The third-order valence-corrected chi connectivity index (χ3v) is 4.26. The minimum Gasteiger partial charge on any atom is -0.477 e. The molecule has 23 heavy (non-hydrogen) atoms. The fourth-order valence-electron chi connectivity index (χ4n) is 2.97. The highest BCUT2D eigenvalue weighted by Gasteiger charge is 2.39. The number of nitrogens with two attached hydrogens (primary N) is 1. The Morgan fingerprint density at radius 1 is 1.57 bits per heavy atom. The van der Waals surface area contributed by atoms with Crippen LogP contribution >= 0.6 is 0 Å². The van der Waals surface area contributed by atoms with E-state index in [0.717, 1.165) is 24.8 Å². The van der Waals surface area contributed by atoms with Gasteiger partial charge in [-0.2, -0.15) is 10.4 Å². The van der Waals surface area contributed by atoms with Gasteiger partial charge in [0.15, 0.2) is 5.82 Å². The third-order valence-electron chi connectivity index (χ3n) is 4.26. The van der Waals surface area contributed by atoms with E-state index < -0.39 is 5.54 Å². The van der Waals surface area contributed by atoms with Crippen LogP contribution in [-0.2, 0) is 10.3 Å². The summed E-state index contributed by atoms with van der Waals surface area (Å²) in [4.78, 5) is 4.30. The van der Waals surface area contributed by atoms with Crippen molar-refractivity contribution in [2.24, 2.45) is 0 Å². The van der Waals surface area contributed by atoms with Crippen LogP contribution in [0.2, 0.25) is 0 Å². The molecule has 0 radical (unpaired) electrons. The van der Waals surface area contributed by atoms with E-state index in [1.807, 2.05) is 10.7 Å². The van der Waals surface area contributed by atoms with Crippen LogP contribution in [0.5, 0.6) is 5.88 Å². The van der Waals surface area contributed by atoms with Crippen LogP contribution in [0.3, 0.4) is 0 Å². The Kier molecular flexibility index (Phi) is 4.35. The van der Waals surface area contributed by atoms with Crippen LogP contribution in [-0.4, -0.2) is 34.6 Å². The molecule has 0 aliphatic carbocycles. The molecule has 3 rings (SSSR count). The first-order valence-electron chi connectivity index (χ1n) is 7.93. The van der Waals surface area contributed by atoms with E-state index in [1.165, 1.54) is 0 Å². The zero-order valence-electron chi connectivity index (χ0n) is 13.3. The van der Waals surface area contributed by atoms with Gasteiger partial charge in [-0.05, 0) is 18.9 Å². The van der Waals surface area contributed by atoms with Gasteiger partial charge in [-0.15, -0.1) is 0 Å². The van der Waals surface area contributed by atoms with E-state index in [4.69, 9.17) is 15.2 Å². The number of hydrogen-bond acceptors (Lipinski definition) is 6. The smallest absolute Gasteiger partial charge is 0.226 e. The largest absolute Gasteiger partial charge is 0.477 e. The van der Waals surface area contributed by atoms with Crippen molar-refractivity contribution < 1.29 is 9.47 Å². The summed E-state index contributed by atoms with van der Waals surface area (Å²) in [5.41, 5.74) is 6.50. The maximum Gasteiger partial charge on any atom is 0.226 e. The van der Waals surface area contributed by atoms with Crippen molar-refractivity contribution >= 4 is 16.7 Å². The second-order valence-electron chi connectivity index (χ2n) is 5.87. The number of rotatable bonds is 6. The summed E-state index contributed by atoms with van der Waals surface area (Å²) >= 11 is 0. The Morgan fingerprint density at radius 2 is 2.43 bits per heavy atom. The van der Waals surface area contributed by atoms with E-state index in [1.54, 1.807) is 6.20 Å². The van der Waals surface area contributed by atoms with E-state index in [9.17, 15) is 5.26 Å². The Hall–Kier alpha value is -2.33. The van der Waals surface area contributed by atoms with Crippen LogP contribution in [0.25, 0.3) is 10.9 Å². The molecule has 7 heteroatoms. The Balaban J connectivity index is 2.06. The minimum absolute atomic E-state index is 0.331. The lowest BCUT2D eigenvalue weighted by molar-refractivity contribution is 0.151. The topological polar surface area (TPSA) is 99.0 Å². The van der Waals surface area contributed by atoms with Crippen LogP contribution in [0.1, 0.15) is 32.6 Å². The SMILES string of the molecule is CCCCOc1nccc2c1c(N)nn2C1(CC#N)CCOC1. The molecule has 1 atom stereocenters. The number of nitriles is 1. The number of nitrogen functional groups attached to an aromatic ring is 1. The molecule has 1 aliphatic rings. The number of hydrogen-bond donors (Lipinski definition) is 1. The van der Waals surface area contributed by atoms with Crippen molar-refractivity contribution in [1.29, 1.82) is 5.26 Å². The average Bonchev–Trinajstić information content (AvgIpc) is 3.15. The predicted molar refractivity (Wildman–Crippen MR) is 86.0 cm³/mol. The molecule has 0 spiro atoms. The second-order valence-corrected chi connectivity index (χ2v) is 5.87. The Morgan fingerprint density at radius 3 is 3.13 bits per heavy atom.